The van der Waals surface area contributed by atoms with Gasteiger partial charge in [0.25, 0.3) is 15.9 Å². The third kappa shape index (κ3) is 5.97. The number of benzene rings is 2. The molecule has 2 aromatic carbocycles. The molecule has 0 unspecified atom stereocenters. The lowest BCUT2D eigenvalue weighted by Gasteiger charge is -2.11. The molecule has 0 atom stereocenters. The molecule has 0 aliphatic heterocycles. The van der Waals surface area contributed by atoms with Crippen molar-refractivity contribution in [2.45, 2.75) is 25.2 Å². The third-order valence-corrected chi connectivity index (χ3v) is 5.13. The minimum absolute atomic E-state index is 0.0851. The lowest BCUT2D eigenvalue weighted by molar-refractivity contribution is -0.122. The Balaban J connectivity index is 2.13. The molecule has 0 spiro atoms. The topological polar surface area (TPSA) is 104 Å². The van der Waals surface area contributed by atoms with Crippen molar-refractivity contribution < 1.29 is 18.0 Å². The molecule has 0 heterocycles. The number of hydrazine groups is 1. The highest BCUT2D eigenvalue weighted by atomic mass is 35.5. The number of carbonyl (C=O) groups excluding carboxylic acids is 2. The lowest BCUT2D eigenvalue weighted by Crippen LogP contribution is -2.42. The van der Waals surface area contributed by atoms with Gasteiger partial charge in [-0.3, -0.25) is 25.2 Å². The zero-order chi connectivity index (χ0) is 20.0. The van der Waals surface area contributed by atoms with E-state index in [1.54, 1.807) is 18.2 Å². The van der Waals surface area contributed by atoms with E-state index in [-0.39, 0.29) is 39.4 Å². The Morgan fingerprint density at radius 3 is 2.41 bits per heavy atom. The predicted octanol–water partition coefficient (Wildman–Crippen LogP) is 2.95. The molecule has 0 saturated heterocycles. The number of hydrogen-bond acceptors (Lipinski definition) is 4. The quantitative estimate of drug-likeness (QED) is 0.638. The van der Waals surface area contributed by atoms with Crippen molar-refractivity contribution in [3.63, 3.8) is 0 Å². The van der Waals surface area contributed by atoms with Gasteiger partial charge in [-0.1, -0.05) is 43.6 Å². The van der Waals surface area contributed by atoms with Crippen LogP contribution in [0.15, 0.2) is 53.4 Å². The molecule has 0 aliphatic carbocycles. The number of anilines is 1. The van der Waals surface area contributed by atoms with E-state index in [2.05, 4.69) is 15.6 Å². The number of carbonyl (C=O) groups is 2. The first-order valence-electron chi connectivity index (χ1n) is 8.15. The molecule has 0 fully saturated rings. The van der Waals surface area contributed by atoms with Crippen LogP contribution in [0.1, 0.15) is 30.6 Å². The van der Waals surface area contributed by atoms with Crippen LogP contribution in [0.3, 0.4) is 0 Å². The first-order valence-corrected chi connectivity index (χ1v) is 10.0. The van der Waals surface area contributed by atoms with Crippen LogP contribution in [-0.2, 0) is 14.8 Å². The van der Waals surface area contributed by atoms with E-state index in [0.717, 1.165) is 0 Å². The van der Waals surface area contributed by atoms with Gasteiger partial charge in [-0.25, -0.2) is 8.42 Å². The van der Waals surface area contributed by atoms with Crippen molar-refractivity contribution in [2.24, 2.45) is 5.92 Å². The fraction of sp³-hybridized carbons (Fsp3) is 0.222. The fourth-order valence-corrected chi connectivity index (χ4v) is 3.54. The summed E-state index contributed by atoms with van der Waals surface area (Å²) in [7, 11) is -3.94. The second-order valence-electron chi connectivity index (χ2n) is 6.21. The Labute approximate surface area is 163 Å². The molecule has 2 rings (SSSR count). The molecule has 9 heteroatoms. The minimum Gasteiger partial charge on any atom is -0.278 e. The molecule has 27 heavy (non-hydrogen) atoms. The normalized spacial score (nSPS) is 11.1. The molecule has 2 aromatic rings. The largest absolute Gasteiger partial charge is 0.278 e. The maximum absolute atomic E-state index is 12.5. The van der Waals surface area contributed by atoms with Gasteiger partial charge in [0.1, 0.15) is 0 Å². The van der Waals surface area contributed by atoms with Gasteiger partial charge in [0.15, 0.2) is 0 Å². The number of nitrogens with one attached hydrogen (secondary N) is 3. The van der Waals surface area contributed by atoms with Gasteiger partial charge in [0, 0.05) is 12.0 Å². The summed E-state index contributed by atoms with van der Waals surface area (Å²) in [4.78, 5) is 23.7. The number of rotatable bonds is 6. The van der Waals surface area contributed by atoms with Crippen LogP contribution < -0.4 is 15.6 Å². The number of sulfonamides is 1. The molecule has 0 aromatic heterocycles. The number of para-hydroxylation sites is 1. The Kier molecular flexibility index (Phi) is 6.81. The van der Waals surface area contributed by atoms with Crippen LogP contribution in [0.5, 0.6) is 0 Å². The maximum Gasteiger partial charge on any atom is 0.269 e. The summed E-state index contributed by atoms with van der Waals surface area (Å²) in [5.41, 5.74) is 4.88. The van der Waals surface area contributed by atoms with Crippen LogP contribution in [-0.4, -0.2) is 20.2 Å². The van der Waals surface area contributed by atoms with E-state index in [1.807, 2.05) is 13.8 Å². The van der Waals surface area contributed by atoms with E-state index >= 15 is 0 Å². The van der Waals surface area contributed by atoms with Crippen LogP contribution >= 0.6 is 11.6 Å². The molecular weight excluding hydrogens is 390 g/mol. The van der Waals surface area contributed by atoms with Gasteiger partial charge in [0.2, 0.25) is 5.91 Å². The van der Waals surface area contributed by atoms with Gasteiger partial charge < -0.3 is 0 Å². The Hall–Kier alpha value is -2.58. The summed E-state index contributed by atoms with van der Waals surface area (Å²) in [6.45, 7) is 3.75. The van der Waals surface area contributed by atoms with Crippen molar-refractivity contribution in [3.05, 3.63) is 59.1 Å². The number of hydrogen-bond donors (Lipinski definition) is 3. The molecule has 0 saturated carbocycles. The number of amides is 2. The van der Waals surface area contributed by atoms with Crippen LogP contribution in [0, 0.1) is 5.92 Å². The molecule has 7 nitrogen and oxygen atoms in total. The second kappa shape index (κ2) is 8.88. The predicted molar refractivity (Wildman–Crippen MR) is 104 cm³/mol. The standard InChI is InChI=1S/C18H20ClN3O4S/c1-12(2)10-17(23)20-21-18(24)13-6-5-7-14(11-13)27(25,26)22-16-9-4-3-8-15(16)19/h3-9,11-12,22H,10H2,1-2H3,(H,20,23)(H,21,24). The molecule has 2 amide bonds. The summed E-state index contributed by atoms with van der Waals surface area (Å²) in [5.74, 6) is -0.810. The van der Waals surface area contributed by atoms with Crippen molar-refractivity contribution >= 4 is 39.1 Å². The molecular formula is C18H20ClN3O4S. The average Bonchev–Trinajstić information content (AvgIpc) is 2.61. The molecule has 0 radical (unpaired) electrons. The van der Waals surface area contributed by atoms with Crippen molar-refractivity contribution in [1.82, 2.24) is 10.9 Å². The highest BCUT2D eigenvalue weighted by Gasteiger charge is 2.18. The van der Waals surface area contributed by atoms with Gasteiger partial charge in [-0.05, 0) is 36.2 Å². The molecule has 0 bridgehead atoms. The monoisotopic (exact) mass is 409 g/mol. The SMILES string of the molecule is CC(C)CC(=O)NNC(=O)c1cccc(S(=O)(=O)Nc2ccccc2Cl)c1. The van der Waals surface area contributed by atoms with E-state index in [1.165, 1.54) is 30.3 Å². The van der Waals surface area contributed by atoms with Crippen LogP contribution in [0.25, 0.3) is 0 Å². The van der Waals surface area contributed by atoms with Gasteiger partial charge in [-0.2, -0.15) is 0 Å². The van der Waals surface area contributed by atoms with Crippen molar-refractivity contribution in [1.29, 1.82) is 0 Å². The first-order chi connectivity index (χ1) is 12.7. The van der Waals surface area contributed by atoms with Crippen molar-refractivity contribution in [3.8, 4) is 0 Å². The van der Waals surface area contributed by atoms with E-state index in [9.17, 15) is 18.0 Å². The first kappa shape index (κ1) is 20.7. The minimum atomic E-state index is -3.94. The van der Waals surface area contributed by atoms with Gasteiger partial charge in [0.05, 0.1) is 15.6 Å². The van der Waals surface area contributed by atoms with Gasteiger partial charge >= 0.3 is 0 Å². The Morgan fingerprint density at radius 1 is 1.04 bits per heavy atom. The second-order valence-corrected chi connectivity index (χ2v) is 8.30. The fourth-order valence-electron chi connectivity index (χ4n) is 2.17. The molecule has 0 aliphatic rings. The highest BCUT2D eigenvalue weighted by Crippen LogP contribution is 2.24. The zero-order valence-electron chi connectivity index (χ0n) is 14.8. The molecule has 144 valence electrons. The number of halogens is 1. The third-order valence-electron chi connectivity index (χ3n) is 3.43. The molecule has 3 N–H and O–H groups in total. The maximum atomic E-state index is 12.5. The van der Waals surface area contributed by atoms with Gasteiger partial charge in [-0.15, -0.1) is 0 Å². The van der Waals surface area contributed by atoms with Crippen LogP contribution in [0.4, 0.5) is 5.69 Å². The summed E-state index contributed by atoms with van der Waals surface area (Å²) in [6, 6.07) is 11.9. The summed E-state index contributed by atoms with van der Waals surface area (Å²) in [6.07, 6.45) is 0.260. The highest BCUT2D eigenvalue weighted by molar-refractivity contribution is 7.92. The Bertz CT molecular complexity index is 945. The summed E-state index contributed by atoms with van der Waals surface area (Å²) >= 11 is 5.98. The van der Waals surface area contributed by atoms with E-state index in [0.29, 0.717) is 0 Å². The average molecular weight is 410 g/mol. The smallest absolute Gasteiger partial charge is 0.269 e. The summed E-state index contributed by atoms with van der Waals surface area (Å²) < 4.78 is 27.5. The Morgan fingerprint density at radius 2 is 1.74 bits per heavy atom. The zero-order valence-corrected chi connectivity index (χ0v) is 16.4. The van der Waals surface area contributed by atoms with Crippen molar-refractivity contribution in [2.75, 3.05) is 4.72 Å². The van der Waals surface area contributed by atoms with Crippen LogP contribution in [0.2, 0.25) is 5.02 Å². The summed E-state index contributed by atoms with van der Waals surface area (Å²) in [5, 5.41) is 0.253. The lowest BCUT2D eigenvalue weighted by atomic mass is 10.1. The van der Waals surface area contributed by atoms with E-state index in [4.69, 9.17) is 11.6 Å². The van der Waals surface area contributed by atoms with E-state index < -0.39 is 15.9 Å².